The molecule has 0 aromatic heterocycles. The summed E-state index contributed by atoms with van der Waals surface area (Å²) in [5.41, 5.74) is 3.38. The second kappa shape index (κ2) is 5.40. The summed E-state index contributed by atoms with van der Waals surface area (Å²) in [5, 5.41) is 11.2. The molecule has 20 heavy (non-hydrogen) atoms. The average molecular weight is 281 g/mol. The molecule has 1 N–H and O–H groups in total. The van der Waals surface area contributed by atoms with Crippen molar-refractivity contribution in [3.05, 3.63) is 77.8 Å². The smallest absolute Gasteiger partial charge is 0.131 e. The Morgan fingerprint density at radius 1 is 0.600 bits per heavy atom. The number of phenols is 1. The van der Waals surface area contributed by atoms with Crippen LogP contribution in [0.25, 0.3) is 22.3 Å². The molecule has 0 atom stereocenters. The molecule has 98 valence electrons. The molecular formula is C18H13ClO. The van der Waals surface area contributed by atoms with Crippen LogP contribution in [0.3, 0.4) is 0 Å². The Bertz CT molecular complexity index is 735. The predicted molar refractivity (Wildman–Crippen MR) is 84.0 cm³/mol. The summed E-state index contributed by atoms with van der Waals surface area (Å²) in [6, 6.07) is 23.1. The number of hydrogen-bond acceptors (Lipinski definition) is 1. The van der Waals surface area contributed by atoms with E-state index in [0.29, 0.717) is 5.02 Å². The zero-order chi connectivity index (χ0) is 13.9. The Morgan fingerprint density at radius 3 is 1.95 bits per heavy atom. The van der Waals surface area contributed by atoms with Gasteiger partial charge in [0.1, 0.15) is 5.75 Å². The van der Waals surface area contributed by atoms with Gasteiger partial charge in [-0.1, -0.05) is 78.3 Å². The van der Waals surface area contributed by atoms with E-state index in [9.17, 15) is 5.11 Å². The summed E-state index contributed by atoms with van der Waals surface area (Å²) in [6.07, 6.45) is 0. The van der Waals surface area contributed by atoms with E-state index < -0.39 is 0 Å². The third-order valence-corrected chi connectivity index (χ3v) is 3.61. The number of halogens is 1. The van der Waals surface area contributed by atoms with Crippen molar-refractivity contribution in [2.75, 3.05) is 0 Å². The molecular weight excluding hydrogens is 268 g/mol. The van der Waals surface area contributed by atoms with Gasteiger partial charge in [0.05, 0.1) is 0 Å². The lowest BCUT2D eigenvalue weighted by molar-refractivity contribution is 0.479. The van der Waals surface area contributed by atoms with Gasteiger partial charge in [0, 0.05) is 21.7 Å². The average Bonchev–Trinajstić information content (AvgIpc) is 2.49. The number of rotatable bonds is 2. The Labute approximate surface area is 123 Å². The first-order valence-corrected chi connectivity index (χ1v) is 6.77. The van der Waals surface area contributed by atoms with Gasteiger partial charge in [-0.15, -0.1) is 0 Å². The Morgan fingerprint density at radius 2 is 1.20 bits per heavy atom. The van der Waals surface area contributed by atoms with Gasteiger partial charge in [0.15, 0.2) is 0 Å². The van der Waals surface area contributed by atoms with E-state index in [1.807, 2.05) is 72.8 Å². The van der Waals surface area contributed by atoms with Gasteiger partial charge < -0.3 is 5.11 Å². The van der Waals surface area contributed by atoms with Gasteiger partial charge in [-0.3, -0.25) is 0 Å². The molecule has 0 radical (unpaired) electrons. The van der Waals surface area contributed by atoms with Crippen LogP contribution in [0, 0.1) is 0 Å². The van der Waals surface area contributed by atoms with Crippen LogP contribution in [0.2, 0.25) is 5.02 Å². The molecule has 0 saturated carbocycles. The van der Waals surface area contributed by atoms with E-state index in [4.69, 9.17) is 11.6 Å². The molecule has 0 bridgehead atoms. The molecule has 0 unspecified atom stereocenters. The number of hydrogen-bond donors (Lipinski definition) is 1. The van der Waals surface area contributed by atoms with Crippen molar-refractivity contribution < 1.29 is 5.11 Å². The van der Waals surface area contributed by atoms with Crippen LogP contribution in [-0.4, -0.2) is 5.11 Å². The molecule has 2 heteroatoms. The molecule has 0 fully saturated rings. The van der Waals surface area contributed by atoms with Crippen LogP contribution in [0.1, 0.15) is 0 Å². The zero-order valence-electron chi connectivity index (χ0n) is 10.8. The molecule has 0 amide bonds. The van der Waals surface area contributed by atoms with Gasteiger partial charge >= 0.3 is 0 Å². The Hall–Kier alpha value is -2.25. The zero-order valence-corrected chi connectivity index (χ0v) is 11.5. The lowest BCUT2D eigenvalue weighted by Crippen LogP contribution is -1.84. The largest absolute Gasteiger partial charge is 0.507 e. The monoisotopic (exact) mass is 280 g/mol. The molecule has 3 aromatic rings. The fourth-order valence-electron chi connectivity index (χ4n) is 2.29. The number of para-hydroxylation sites is 1. The predicted octanol–water partition coefficient (Wildman–Crippen LogP) is 5.38. The Kier molecular flexibility index (Phi) is 3.44. The SMILES string of the molecule is Oc1c(-c2ccccc2)cccc1-c1ccccc1Cl. The second-order valence-corrected chi connectivity index (χ2v) is 4.95. The minimum Gasteiger partial charge on any atom is -0.507 e. The third kappa shape index (κ3) is 2.28. The maximum atomic E-state index is 10.6. The van der Waals surface area contributed by atoms with E-state index in [2.05, 4.69) is 0 Å². The van der Waals surface area contributed by atoms with E-state index in [1.165, 1.54) is 0 Å². The first-order valence-electron chi connectivity index (χ1n) is 6.39. The highest BCUT2D eigenvalue weighted by molar-refractivity contribution is 6.33. The van der Waals surface area contributed by atoms with Crippen LogP contribution in [0.15, 0.2) is 72.8 Å². The van der Waals surface area contributed by atoms with Crippen molar-refractivity contribution in [1.29, 1.82) is 0 Å². The summed E-state index contributed by atoms with van der Waals surface area (Å²) in [5.74, 6) is 0.256. The summed E-state index contributed by atoms with van der Waals surface area (Å²) in [6.45, 7) is 0. The molecule has 3 rings (SSSR count). The highest BCUT2D eigenvalue weighted by Crippen LogP contribution is 2.40. The fraction of sp³-hybridized carbons (Fsp3) is 0. The molecule has 1 nitrogen and oxygen atoms in total. The Balaban J connectivity index is 2.19. The van der Waals surface area contributed by atoms with Gasteiger partial charge in [-0.25, -0.2) is 0 Å². The lowest BCUT2D eigenvalue weighted by Gasteiger charge is -2.11. The number of benzene rings is 3. The van der Waals surface area contributed by atoms with Crippen LogP contribution in [-0.2, 0) is 0 Å². The highest BCUT2D eigenvalue weighted by atomic mass is 35.5. The van der Waals surface area contributed by atoms with E-state index in [-0.39, 0.29) is 5.75 Å². The third-order valence-electron chi connectivity index (χ3n) is 3.28. The van der Waals surface area contributed by atoms with E-state index in [1.54, 1.807) is 0 Å². The number of phenolic OH excluding ortho intramolecular Hbond substituents is 1. The standard InChI is InChI=1S/C18H13ClO/c19-17-12-5-4-9-15(17)16-11-6-10-14(18(16)20)13-7-2-1-3-8-13/h1-12,20H. The molecule has 3 aromatic carbocycles. The molecule has 0 heterocycles. The topological polar surface area (TPSA) is 20.2 Å². The summed E-state index contributed by atoms with van der Waals surface area (Å²) < 4.78 is 0. The van der Waals surface area contributed by atoms with Gasteiger partial charge in [0.2, 0.25) is 0 Å². The van der Waals surface area contributed by atoms with Crippen LogP contribution < -0.4 is 0 Å². The van der Waals surface area contributed by atoms with Crippen molar-refractivity contribution in [1.82, 2.24) is 0 Å². The normalized spacial score (nSPS) is 10.4. The molecule has 0 spiro atoms. The first kappa shape index (κ1) is 12.8. The van der Waals surface area contributed by atoms with Gasteiger partial charge in [-0.2, -0.15) is 0 Å². The van der Waals surface area contributed by atoms with Gasteiger partial charge in [-0.05, 0) is 11.6 Å². The summed E-state index contributed by atoms with van der Waals surface area (Å²) >= 11 is 6.22. The van der Waals surface area contributed by atoms with Crippen molar-refractivity contribution >= 4 is 11.6 Å². The van der Waals surface area contributed by atoms with Gasteiger partial charge in [0.25, 0.3) is 0 Å². The maximum Gasteiger partial charge on any atom is 0.131 e. The summed E-state index contributed by atoms with van der Waals surface area (Å²) in [4.78, 5) is 0. The van der Waals surface area contributed by atoms with E-state index >= 15 is 0 Å². The van der Waals surface area contributed by atoms with Crippen LogP contribution >= 0.6 is 11.6 Å². The molecule has 0 saturated heterocycles. The highest BCUT2D eigenvalue weighted by Gasteiger charge is 2.12. The van der Waals surface area contributed by atoms with E-state index in [0.717, 1.165) is 22.3 Å². The molecule has 0 aliphatic rings. The van der Waals surface area contributed by atoms with Crippen LogP contribution in [0.4, 0.5) is 0 Å². The minimum atomic E-state index is 0.256. The van der Waals surface area contributed by atoms with Crippen molar-refractivity contribution in [3.8, 4) is 28.0 Å². The number of aromatic hydroxyl groups is 1. The maximum absolute atomic E-state index is 10.6. The minimum absolute atomic E-state index is 0.256. The lowest BCUT2D eigenvalue weighted by atomic mass is 9.97. The van der Waals surface area contributed by atoms with Crippen molar-refractivity contribution in [2.24, 2.45) is 0 Å². The van der Waals surface area contributed by atoms with Crippen molar-refractivity contribution in [3.63, 3.8) is 0 Å². The molecule has 0 aliphatic heterocycles. The summed E-state index contributed by atoms with van der Waals surface area (Å²) in [7, 11) is 0. The molecule has 0 aliphatic carbocycles. The second-order valence-electron chi connectivity index (χ2n) is 4.55. The fourth-order valence-corrected chi connectivity index (χ4v) is 2.53. The van der Waals surface area contributed by atoms with Crippen molar-refractivity contribution in [2.45, 2.75) is 0 Å². The quantitative estimate of drug-likeness (QED) is 0.668. The first-order chi connectivity index (χ1) is 9.77. The van der Waals surface area contributed by atoms with Crippen LogP contribution in [0.5, 0.6) is 5.75 Å².